The molecular formula is C19H24N2O4. The van der Waals surface area contributed by atoms with Crippen molar-refractivity contribution in [2.75, 3.05) is 13.2 Å². The first-order valence-corrected chi connectivity index (χ1v) is 8.43. The van der Waals surface area contributed by atoms with Gasteiger partial charge in [0.2, 0.25) is 0 Å². The van der Waals surface area contributed by atoms with E-state index < -0.39 is 5.97 Å². The number of nitrogens with zero attached hydrogens (tertiary/aromatic N) is 1. The number of carbonyl (C=O) groups is 3. The maximum Gasteiger partial charge on any atom is 0.326 e. The number of amides is 2. The van der Waals surface area contributed by atoms with Gasteiger partial charge >= 0.3 is 12.0 Å². The van der Waals surface area contributed by atoms with E-state index in [0.717, 1.165) is 12.0 Å². The average Bonchev–Trinajstić information content (AvgIpc) is 2.57. The van der Waals surface area contributed by atoms with Crippen molar-refractivity contribution in [2.24, 2.45) is 0 Å². The van der Waals surface area contributed by atoms with Gasteiger partial charge in [-0.2, -0.15) is 0 Å². The number of carbonyl (C=O) groups excluding carboxylic acids is 3. The molecule has 25 heavy (non-hydrogen) atoms. The van der Waals surface area contributed by atoms with E-state index in [1.807, 2.05) is 30.3 Å². The topological polar surface area (TPSA) is 75.7 Å². The fourth-order valence-corrected chi connectivity index (χ4v) is 3.05. The monoisotopic (exact) mass is 344 g/mol. The Labute approximate surface area is 147 Å². The predicted molar refractivity (Wildman–Crippen MR) is 93.8 cm³/mol. The van der Waals surface area contributed by atoms with Gasteiger partial charge in [0.25, 0.3) is 0 Å². The molecule has 0 fully saturated rings. The molecule has 1 aromatic rings. The van der Waals surface area contributed by atoms with Crippen molar-refractivity contribution in [3.63, 3.8) is 0 Å². The molecule has 1 aliphatic heterocycles. The van der Waals surface area contributed by atoms with E-state index in [2.05, 4.69) is 5.32 Å². The third kappa shape index (κ3) is 4.68. The number of esters is 1. The van der Waals surface area contributed by atoms with E-state index in [0.29, 0.717) is 17.7 Å². The average molecular weight is 344 g/mol. The van der Waals surface area contributed by atoms with E-state index >= 15 is 0 Å². The third-order valence-electron chi connectivity index (χ3n) is 4.22. The first-order chi connectivity index (χ1) is 11.9. The van der Waals surface area contributed by atoms with E-state index in [4.69, 9.17) is 4.74 Å². The van der Waals surface area contributed by atoms with Gasteiger partial charge in [0.05, 0.1) is 12.6 Å². The summed E-state index contributed by atoms with van der Waals surface area (Å²) < 4.78 is 4.90. The lowest BCUT2D eigenvalue weighted by Gasteiger charge is -2.34. The number of urea groups is 1. The van der Waals surface area contributed by atoms with Crippen LogP contribution in [-0.2, 0) is 20.7 Å². The van der Waals surface area contributed by atoms with Gasteiger partial charge in [-0.1, -0.05) is 30.3 Å². The van der Waals surface area contributed by atoms with Crippen molar-refractivity contribution < 1.29 is 19.1 Å². The van der Waals surface area contributed by atoms with Crippen molar-refractivity contribution in [2.45, 2.75) is 39.7 Å². The maximum atomic E-state index is 12.4. The Hall–Kier alpha value is -2.63. The minimum Gasteiger partial charge on any atom is -0.465 e. The number of nitrogens with one attached hydrogen (secondary N) is 1. The molecule has 1 aromatic carbocycles. The number of Topliss-reactive ketones (excluding diaryl/α,β-unsaturated/α-hetero) is 1. The van der Waals surface area contributed by atoms with Gasteiger partial charge in [-0.05, 0) is 39.2 Å². The molecule has 2 amide bonds. The van der Waals surface area contributed by atoms with Crippen molar-refractivity contribution >= 4 is 17.8 Å². The molecule has 0 unspecified atom stereocenters. The standard InChI is InChI=1S/C19H24N2O4/c1-4-25-17(23)12-21-13(2)18(14(3)22)16(20-19(21)24)11-10-15-8-6-5-7-9-15/h5-9,16H,4,10-12H2,1-3H3,(H,20,24)/t16-/m0/s1. The van der Waals surface area contributed by atoms with E-state index in [9.17, 15) is 14.4 Å². The van der Waals surface area contributed by atoms with Crippen LogP contribution in [0.4, 0.5) is 4.79 Å². The number of allylic oxidation sites excluding steroid dienone is 1. The minimum absolute atomic E-state index is 0.107. The Kier molecular flexibility index (Phi) is 6.33. The lowest BCUT2D eigenvalue weighted by molar-refractivity contribution is -0.143. The number of hydrogen-bond donors (Lipinski definition) is 1. The molecule has 1 heterocycles. The Morgan fingerprint density at radius 3 is 2.52 bits per heavy atom. The van der Waals surface area contributed by atoms with Crippen LogP contribution in [0.2, 0.25) is 0 Å². The summed E-state index contributed by atoms with van der Waals surface area (Å²) in [7, 11) is 0. The maximum absolute atomic E-state index is 12.4. The third-order valence-corrected chi connectivity index (χ3v) is 4.22. The van der Waals surface area contributed by atoms with Crippen molar-refractivity contribution in [1.82, 2.24) is 10.2 Å². The lowest BCUT2D eigenvalue weighted by atomic mass is 9.93. The van der Waals surface area contributed by atoms with Crippen LogP contribution in [-0.4, -0.2) is 41.9 Å². The summed E-state index contributed by atoms with van der Waals surface area (Å²) in [4.78, 5) is 37.5. The summed E-state index contributed by atoms with van der Waals surface area (Å²) in [5.74, 6) is -0.605. The normalized spacial score (nSPS) is 17.3. The van der Waals surface area contributed by atoms with Crippen LogP contribution >= 0.6 is 0 Å². The smallest absolute Gasteiger partial charge is 0.326 e. The Morgan fingerprint density at radius 2 is 1.92 bits per heavy atom. The second kappa shape index (κ2) is 8.46. The van der Waals surface area contributed by atoms with Crippen molar-refractivity contribution in [3.8, 4) is 0 Å². The number of ketones is 1. The van der Waals surface area contributed by atoms with E-state index in [-0.39, 0.29) is 31.0 Å². The quantitative estimate of drug-likeness (QED) is 0.771. The molecule has 0 radical (unpaired) electrons. The summed E-state index contributed by atoms with van der Waals surface area (Å²) in [6.07, 6.45) is 1.36. The molecule has 0 aliphatic carbocycles. The van der Waals surface area contributed by atoms with Gasteiger partial charge < -0.3 is 10.1 Å². The SMILES string of the molecule is CCOC(=O)CN1C(=O)N[C@@H](CCc2ccccc2)C(C(C)=O)=C1C. The summed E-state index contributed by atoms with van der Waals surface area (Å²) in [5.41, 5.74) is 2.20. The zero-order valence-corrected chi connectivity index (χ0v) is 14.9. The van der Waals surface area contributed by atoms with Crippen LogP contribution in [0, 0.1) is 0 Å². The minimum atomic E-state index is -0.498. The van der Waals surface area contributed by atoms with E-state index in [1.165, 1.54) is 11.8 Å². The predicted octanol–water partition coefficient (Wildman–Crippen LogP) is 2.44. The van der Waals surface area contributed by atoms with Crippen LogP contribution in [0.1, 0.15) is 32.8 Å². The van der Waals surface area contributed by atoms with Crippen molar-refractivity contribution in [3.05, 3.63) is 47.2 Å². The van der Waals surface area contributed by atoms with E-state index in [1.54, 1.807) is 13.8 Å². The van der Waals surface area contributed by atoms with Crippen LogP contribution in [0.15, 0.2) is 41.6 Å². The number of ether oxygens (including phenoxy) is 1. The molecule has 0 bridgehead atoms. The molecule has 0 aromatic heterocycles. The molecule has 1 aliphatic rings. The van der Waals surface area contributed by atoms with Crippen molar-refractivity contribution in [1.29, 1.82) is 0 Å². The Balaban J connectivity index is 2.18. The lowest BCUT2D eigenvalue weighted by Crippen LogP contribution is -2.53. The molecule has 0 saturated heterocycles. The summed E-state index contributed by atoms with van der Waals surface area (Å²) >= 11 is 0. The molecule has 0 saturated carbocycles. The van der Waals surface area contributed by atoms with Crippen LogP contribution in [0.3, 0.4) is 0 Å². The van der Waals surface area contributed by atoms with Gasteiger partial charge in [0, 0.05) is 11.3 Å². The highest BCUT2D eigenvalue weighted by Gasteiger charge is 2.34. The second-order valence-corrected chi connectivity index (χ2v) is 5.97. The van der Waals surface area contributed by atoms with Crippen LogP contribution < -0.4 is 5.32 Å². The number of aryl methyl sites for hydroxylation is 1. The van der Waals surface area contributed by atoms with Gasteiger partial charge in [0.15, 0.2) is 5.78 Å². The molecule has 2 rings (SSSR count). The number of benzene rings is 1. The molecule has 6 heteroatoms. The molecule has 1 atom stereocenters. The van der Waals surface area contributed by atoms with Crippen LogP contribution in [0.25, 0.3) is 0 Å². The Bertz CT molecular complexity index is 682. The van der Waals surface area contributed by atoms with Gasteiger partial charge in [-0.25, -0.2) is 4.79 Å². The summed E-state index contributed by atoms with van der Waals surface area (Å²) in [6.45, 7) is 4.93. The second-order valence-electron chi connectivity index (χ2n) is 5.97. The van der Waals surface area contributed by atoms with Gasteiger partial charge in [-0.3, -0.25) is 14.5 Å². The molecule has 1 N–H and O–H groups in total. The highest BCUT2D eigenvalue weighted by molar-refractivity contribution is 5.98. The highest BCUT2D eigenvalue weighted by Crippen LogP contribution is 2.23. The zero-order chi connectivity index (χ0) is 18.4. The summed E-state index contributed by atoms with van der Waals surface area (Å²) in [5, 5.41) is 2.85. The fourth-order valence-electron chi connectivity index (χ4n) is 3.05. The first kappa shape index (κ1) is 18.7. The summed E-state index contributed by atoms with van der Waals surface area (Å²) in [6, 6.07) is 9.16. The van der Waals surface area contributed by atoms with Gasteiger partial charge in [0.1, 0.15) is 6.54 Å². The largest absolute Gasteiger partial charge is 0.465 e. The van der Waals surface area contributed by atoms with Gasteiger partial charge in [-0.15, -0.1) is 0 Å². The number of hydrogen-bond acceptors (Lipinski definition) is 4. The molecule has 0 spiro atoms. The number of rotatable bonds is 7. The highest BCUT2D eigenvalue weighted by atomic mass is 16.5. The van der Waals surface area contributed by atoms with Crippen LogP contribution in [0.5, 0.6) is 0 Å². The molecule has 6 nitrogen and oxygen atoms in total. The first-order valence-electron chi connectivity index (χ1n) is 8.43. The fraction of sp³-hybridized carbons (Fsp3) is 0.421. The zero-order valence-electron chi connectivity index (χ0n) is 14.9. The Morgan fingerprint density at radius 1 is 1.24 bits per heavy atom. The molecular weight excluding hydrogens is 320 g/mol. The molecule has 134 valence electrons.